The van der Waals surface area contributed by atoms with E-state index in [0.29, 0.717) is 0 Å². The maximum Gasteiger partial charge on any atom is 0.239 e. The molecule has 0 saturated carbocycles. The maximum atomic E-state index is 12.4. The van der Waals surface area contributed by atoms with E-state index in [4.69, 9.17) is 0 Å². The number of hydrogen-bond acceptors (Lipinski definition) is 3. The number of anilines is 1. The molecule has 0 saturated heterocycles. The van der Waals surface area contributed by atoms with Crippen LogP contribution in [0.3, 0.4) is 0 Å². The van der Waals surface area contributed by atoms with Gasteiger partial charge >= 0.3 is 0 Å². The van der Waals surface area contributed by atoms with Crippen LogP contribution in [0.1, 0.15) is 17.7 Å². The van der Waals surface area contributed by atoms with Gasteiger partial charge in [-0.25, -0.2) is 0 Å². The van der Waals surface area contributed by atoms with Crippen LogP contribution in [0.15, 0.2) is 48.0 Å². The summed E-state index contributed by atoms with van der Waals surface area (Å²) in [5.41, 5.74) is 1.65. The molecule has 5 nitrogen and oxygen atoms in total. The predicted octanol–water partition coefficient (Wildman–Crippen LogP) is 3.19. The summed E-state index contributed by atoms with van der Waals surface area (Å²) in [7, 11) is 1.62. The van der Waals surface area contributed by atoms with E-state index >= 15 is 0 Å². The van der Waals surface area contributed by atoms with Crippen molar-refractivity contribution in [3.8, 4) is 0 Å². The lowest BCUT2D eigenvalue weighted by atomic mass is 10.1. The van der Waals surface area contributed by atoms with E-state index in [1.807, 2.05) is 59.5 Å². The van der Waals surface area contributed by atoms with Crippen LogP contribution >= 0.6 is 11.3 Å². The van der Waals surface area contributed by atoms with Gasteiger partial charge < -0.3 is 15.2 Å². The number of nitrogens with zero attached hydrogens (tertiary/aromatic N) is 1. The molecule has 0 aliphatic heterocycles. The number of rotatable bonds is 5. The minimum Gasteiger partial charge on any atom is -0.358 e. The molecule has 0 aliphatic carbocycles. The van der Waals surface area contributed by atoms with Gasteiger partial charge in [-0.3, -0.25) is 9.59 Å². The van der Waals surface area contributed by atoms with Crippen LogP contribution in [0.2, 0.25) is 0 Å². The van der Waals surface area contributed by atoms with Gasteiger partial charge in [0.2, 0.25) is 11.8 Å². The summed E-state index contributed by atoms with van der Waals surface area (Å²) in [5, 5.41) is 8.58. The van der Waals surface area contributed by atoms with Crippen LogP contribution in [-0.4, -0.2) is 23.4 Å². The normalized spacial score (nSPS) is 12.1. The van der Waals surface area contributed by atoms with Gasteiger partial charge in [0.05, 0.1) is 11.4 Å². The molecule has 24 heavy (non-hydrogen) atoms. The minimum atomic E-state index is -0.196. The molecule has 6 heteroatoms. The number of carbonyl (C=O) groups excluding carboxylic acids is 2. The SMILES string of the molecule is CNC(=O)Cn1ccc2ccc(NC(=O)C(C)c3cccs3)cc21. The van der Waals surface area contributed by atoms with Crippen molar-refractivity contribution in [3.05, 3.63) is 52.9 Å². The Kier molecular flexibility index (Phi) is 4.66. The van der Waals surface area contributed by atoms with Crippen LogP contribution in [0.25, 0.3) is 10.9 Å². The number of aromatic nitrogens is 1. The second-order valence-electron chi connectivity index (χ2n) is 5.62. The fourth-order valence-electron chi connectivity index (χ4n) is 2.55. The molecule has 124 valence electrons. The number of amides is 2. The Hall–Kier alpha value is -2.60. The summed E-state index contributed by atoms with van der Waals surface area (Å²) in [6.07, 6.45) is 1.87. The fraction of sp³-hybridized carbons (Fsp3) is 0.222. The lowest BCUT2D eigenvalue weighted by Gasteiger charge is -2.11. The molecule has 1 aromatic carbocycles. The Morgan fingerprint density at radius 1 is 1.25 bits per heavy atom. The molecule has 1 atom stereocenters. The number of benzene rings is 1. The first kappa shape index (κ1) is 16.3. The van der Waals surface area contributed by atoms with Gasteiger partial charge in [0.15, 0.2) is 0 Å². The molecule has 2 aromatic heterocycles. The highest BCUT2D eigenvalue weighted by Gasteiger charge is 2.16. The van der Waals surface area contributed by atoms with E-state index in [1.54, 1.807) is 18.4 Å². The van der Waals surface area contributed by atoms with Gasteiger partial charge in [-0.05, 0) is 42.0 Å². The molecule has 1 unspecified atom stereocenters. The Bertz CT molecular complexity index is 868. The van der Waals surface area contributed by atoms with Gasteiger partial charge in [0, 0.05) is 23.8 Å². The third-order valence-electron chi connectivity index (χ3n) is 4.00. The Balaban J connectivity index is 1.81. The molecular weight excluding hydrogens is 322 g/mol. The molecule has 3 rings (SSSR count). The maximum absolute atomic E-state index is 12.4. The van der Waals surface area contributed by atoms with Crippen molar-refractivity contribution in [2.24, 2.45) is 0 Å². The smallest absolute Gasteiger partial charge is 0.239 e. The average molecular weight is 341 g/mol. The second-order valence-corrected chi connectivity index (χ2v) is 6.60. The number of carbonyl (C=O) groups is 2. The third-order valence-corrected chi connectivity index (χ3v) is 5.05. The Morgan fingerprint density at radius 2 is 2.08 bits per heavy atom. The molecular formula is C18H19N3O2S. The van der Waals surface area contributed by atoms with Crippen molar-refractivity contribution >= 4 is 39.7 Å². The minimum absolute atomic E-state index is 0.0405. The summed E-state index contributed by atoms with van der Waals surface area (Å²) in [5.74, 6) is -0.298. The monoisotopic (exact) mass is 341 g/mol. The molecule has 0 spiro atoms. The molecule has 2 heterocycles. The average Bonchev–Trinajstić information content (AvgIpc) is 3.24. The first-order valence-electron chi connectivity index (χ1n) is 7.72. The third kappa shape index (κ3) is 3.33. The molecule has 0 radical (unpaired) electrons. The standard InChI is InChI=1S/C18H19N3O2S/c1-12(16-4-3-9-24-16)18(23)20-14-6-5-13-7-8-21(15(13)10-14)11-17(22)19-2/h3-10,12H,11H2,1-2H3,(H,19,22)(H,20,23). The number of hydrogen-bond donors (Lipinski definition) is 2. The van der Waals surface area contributed by atoms with Crippen molar-refractivity contribution in [1.29, 1.82) is 0 Å². The van der Waals surface area contributed by atoms with E-state index in [-0.39, 0.29) is 24.3 Å². The highest BCUT2D eigenvalue weighted by molar-refractivity contribution is 7.10. The van der Waals surface area contributed by atoms with E-state index in [2.05, 4.69) is 10.6 Å². The van der Waals surface area contributed by atoms with Crippen LogP contribution < -0.4 is 10.6 Å². The van der Waals surface area contributed by atoms with Crippen molar-refractivity contribution < 1.29 is 9.59 Å². The highest BCUT2D eigenvalue weighted by atomic mass is 32.1. The Morgan fingerprint density at radius 3 is 2.79 bits per heavy atom. The van der Waals surface area contributed by atoms with Crippen molar-refractivity contribution in [1.82, 2.24) is 9.88 Å². The van der Waals surface area contributed by atoms with Crippen LogP contribution in [0, 0.1) is 0 Å². The quantitative estimate of drug-likeness (QED) is 0.748. The summed E-state index contributed by atoms with van der Waals surface area (Å²) >= 11 is 1.58. The van der Waals surface area contributed by atoms with Gasteiger partial charge in [-0.15, -0.1) is 11.3 Å². The topological polar surface area (TPSA) is 63.1 Å². The van der Waals surface area contributed by atoms with Crippen LogP contribution in [0.4, 0.5) is 5.69 Å². The summed E-state index contributed by atoms with van der Waals surface area (Å²) in [6, 6.07) is 11.6. The summed E-state index contributed by atoms with van der Waals surface area (Å²) in [4.78, 5) is 25.1. The summed E-state index contributed by atoms with van der Waals surface area (Å²) < 4.78 is 1.87. The van der Waals surface area contributed by atoms with E-state index in [9.17, 15) is 9.59 Å². The molecule has 2 amide bonds. The van der Waals surface area contributed by atoms with Crippen molar-refractivity contribution in [2.75, 3.05) is 12.4 Å². The van der Waals surface area contributed by atoms with Gasteiger partial charge in [0.1, 0.15) is 6.54 Å². The number of nitrogens with one attached hydrogen (secondary N) is 2. The van der Waals surface area contributed by atoms with Crippen LogP contribution in [-0.2, 0) is 16.1 Å². The number of thiophene rings is 1. The van der Waals surface area contributed by atoms with Crippen LogP contribution in [0.5, 0.6) is 0 Å². The number of likely N-dealkylation sites (N-methyl/N-ethyl adjacent to an activating group) is 1. The first-order valence-corrected chi connectivity index (χ1v) is 8.60. The van der Waals surface area contributed by atoms with Gasteiger partial charge in [-0.2, -0.15) is 0 Å². The van der Waals surface area contributed by atoms with Crippen molar-refractivity contribution in [2.45, 2.75) is 19.4 Å². The molecule has 3 aromatic rings. The summed E-state index contributed by atoms with van der Waals surface area (Å²) in [6.45, 7) is 2.15. The van der Waals surface area contributed by atoms with E-state index in [0.717, 1.165) is 21.5 Å². The largest absolute Gasteiger partial charge is 0.358 e. The molecule has 2 N–H and O–H groups in total. The number of fused-ring (bicyclic) bond motifs is 1. The zero-order valence-corrected chi connectivity index (χ0v) is 14.4. The van der Waals surface area contributed by atoms with E-state index < -0.39 is 0 Å². The van der Waals surface area contributed by atoms with Gasteiger partial charge in [0.25, 0.3) is 0 Å². The molecule has 0 bridgehead atoms. The highest BCUT2D eigenvalue weighted by Crippen LogP contribution is 2.24. The van der Waals surface area contributed by atoms with Crippen molar-refractivity contribution in [3.63, 3.8) is 0 Å². The zero-order valence-electron chi connectivity index (χ0n) is 13.6. The predicted molar refractivity (Wildman–Crippen MR) is 97.4 cm³/mol. The first-order chi connectivity index (χ1) is 11.6. The second kappa shape index (κ2) is 6.88. The van der Waals surface area contributed by atoms with Gasteiger partial charge in [-0.1, -0.05) is 12.1 Å². The lowest BCUT2D eigenvalue weighted by molar-refractivity contribution is -0.121. The fourth-order valence-corrected chi connectivity index (χ4v) is 3.33. The van der Waals surface area contributed by atoms with E-state index in [1.165, 1.54) is 0 Å². The molecule has 0 aliphatic rings. The zero-order chi connectivity index (χ0) is 17.1. The lowest BCUT2D eigenvalue weighted by Crippen LogP contribution is -2.23. The molecule has 0 fully saturated rings. The Labute approximate surface area is 144 Å².